The Bertz CT molecular complexity index is 3470. The highest BCUT2D eigenvalue weighted by Crippen LogP contribution is 2.45. The topological polar surface area (TPSA) is 16.4 Å². The molecule has 0 aliphatic rings. The summed E-state index contributed by atoms with van der Waals surface area (Å²) >= 11 is 0. The molecule has 56 heavy (non-hydrogen) atoms. The molecule has 0 spiro atoms. The summed E-state index contributed by atoms with van der Waals surface area (Å²) in [6.07, 6.45) is 0. The van der Waals surface area contributed by atoms with E-state index in [1.165, 1.54) is 5.39 Å². The molecule has 0 aliphatic carbocycles. The average molecular weight is 718 g/mol. The smallest absolute Gasteiger partial charge is 0.143 e. The molecule has 11 rings (SSSR count). The van der Waals surface area contributed by atoms with Crippen LogP contribution >= 0.6 is 0 Å². The second-order valence-electron chi connectivity index (χ2n) is 14.2. The van der Waals surface area contributed by atoms with Crippen molar-refractivity contribution in [2.75, 3.05) is 4.90 Å². The van der Waals surface area contributed by atoms with Crippen molar-refractivity contribution in [3.63, 3.8) is 0 Å². The Morgan fingerprint density at radius 1 is 0.339 bits per heavy atom. The highest BCUT2D eigenvalue weighted by molar-refractivity contribution is 6.17. The molecule has 0 fully saturated rings. The van der Waals surface area contributed by atoms with E-state index in [2.05, 4.69) is 72.8 Å². The quantitative estimate of drug-likeness (QED) is 0.170. The van der Waals surface area contributed by atoms with Gasteiger partial charge in [0.2, 0.25) is 0 Å². The Balaban J connectivity index is 1.13. The van der Waals surface area contributed by atoms with Crippen LogP contribution in [0, 0.1) is 0 Å². The lowest BCUT2D eigenvalue weighted by atomic mass is 9.98. The largest absolute Gasteiger partial charge is 0.455 e. The number of nitrogens with zero attached hydrogens (tertiary/aromatic N) is 1. The lowest BCUT2D eigenvalue weighted by molar-refractivity contribution is 0.674. The molecule has 10 aromatic carbocycles. The Morgan fingerprint density at radius 2 is 0.875 bits per heavy atom. The van der Waals surface area contributed by atoms with Gasteiger partial charge in [0.1, 0.15) is 11.2 Å². The van der Waals surface area contributed by atoms with Crippen LogP contribution in [-0.4, -0.2) is 0 Å². The van der Waals surface area contributed by atoms with Gasteiger partial charge in [-0.3, -0.25) is 0 Å². The number of hydrogen-bond acceptors (Lipinski definition) is 2. The van der Waals surface area contributed by atoms with E-state index in [0.717, 1.165) is 71.1 Å². The molecule has 0 unspecified atom stereocenters. The third-order valence-corrected chi connectivity index (χ3v) is 10.9. The van der Waals surface area contributed by atoms with Crippen molar-refractivity contribution < 1.29 is 9.90 Å². The minimum absolute atomic E-state index is 0.109. The number of anilines is 3. The molecule has 1 heterocycles. The fraction of sp³-hybridized carbons (Fsp3) is 0. The molecule has 262 valence electrons. The molecule has 0 saturated heterocycles. The van der Waals surface area contributed by atoms with Gasteiger partial charge >= 0.3 is 0 Å². The average Bonchev–Trinajstić information content (AvgIpc) is 3.69. The highest BCUT2D eigenvalue weighted by Gasteiger charge is 2.21. The highest BCUT2D eigenvalue weighted by atomic mass is 16.3. The first-order chi connectivity index (χ1) is 29.4. The fourth-order valence-electron chi connectivity index (χ4n) is 8.10. The van der Waals surface area contributed by atoms with Crippen molar-refractivity contribution >= 4 is 71.3 Å². The standard InChI is InChI=1S/C54H35NO/c1-3-13-41-34-43(22-20-36(41)10-1)38-24-29-45(30-25-38)55(46-31-26-39(27-32-46)44-23-21-37-11-2-4-14-42(37)35-44)52-19-8-7-16-48(52)49-17-9-18-50-51-33-28-40-12-5-6-15-47(40)53(51)56-54(49)50/h1-35H/i24D,25D,29D,30D. The van der Waals surface area contributed by atoms with Crippen molar-refractivity contribution in [1.82, 2.24) is 0 Å². The van der Waals surface area contributed by atoms with Gasteiger partial charge in [0.15, 0.2) is 0 Å². The number of para-hydroxylation sites is 2. The van der Waals surface area contributed by atoms with E-state index in [1.807, 2.05) is 120 Å². The van der Waals surface area contributed by atoms with Gasteiger partial charge in [-0.25, -0.2) is 0 Å². The Hall–Kier alpha value is -7.42. The van der Waals surface area contributed by atoms with Gasteiger partial charge < -0.3 is 9.32 Å². The van der Waals surface area contributed by atoms with Gasteiger partial charge in [0.05, 0.1) is 11.2 Å². The van der Waals surface area contributed by atoms with Crippen molar-refractivity contribution in [2.24, 2.45) is 0 Å². The fourth-order valence-corrected chi connectivity index (χ4v) is 8.10. The summed E-state index contributed by atoms with van der Waals surface area (Å²) in [6.45, 7) is 0. The zero-order chi connectivity index (χ0) is 40.5. The molecular weight excluding hydrogens is 679 g/mol. The Labute approximate surface area is 330 Å². The van der Waals surface area contributed by atoms with Crippen molar-refractivity contribution in [1.29, 1.82) is 0 Å². The van der Waals surface area contributed by atoms with E-state index in [-0.39, 0.29) is 35.4 Å². The molecule has 0 radical (unpaired) electrons. The summed E-state index contributed by atoms with van der Waals surface area (Å²) < 4.78 is 45.1. The van der Waals surface area contributed by atoms with Crippen LogP contribution in [0.5, 0.6) is 0 Å². The molecule has 0 N–H and O–H groups in total. The van der Waals surface area contributed by atoms with Crippen molar-refractivity contribution in [3.05, 3.63) is 212 Å². The predicted molar refractivity (Wildman–Crippen MR) is 237 cm³/mol. The van der Waals surface area contributed by atoms with Crippen molar-refractivity contribution in [2.45, 2.75) is 0 Å². The molecule has 0 saturated carbocycles. The van der Waals surface area contributed by atoms with Gasteiger partial charge in [-0.15, -0.1) is 0 Å². The van der Waals surface area contributed by atoms with Crippen LogP contribution in [0.3, 0.4) is 0 Å². The predicted octanol–water partition coefficient (Wildman–Crippen LogP) is 15.5. The maximum Gasteiger partial charge on any atom is 0.143 e. The van der Waals surface area contributed by atoms with Gasteiger partial charge in [0, 0.05) is 38.7 Å². The third kappa shape index (κ3) is 5.42. The first kappa shape index (κ1) is 28.1. The third-order valence-electron chi connectivity index (χ3n) is 10.9. The monoisotopic (exact) mass is 717 g/mol. The normalized spacial score (nSPS) is 12.6. The lowest BCUT2D eigenvalue weighted by Gasteiger charge is -2.28. The van der Waals surface area contributed by atoms with Crippen LogP contribution in [0.2, 0.25) is 0 Å². The first-order valence-corrected chi connectivity index (χ1v) is 18.8. The zero-order valence-electron chi connectivity index (χ0n) is 34.3. The molecule has 2 heteroatoms. The van der Waals surface area contributed by atoms with Crippen LogP contribution in [0.1, 0.15) is 5.48 Å². The molecule has 2 nitrogen and oxygen atoms in total. The van der Waals surface area contributed by atoms with Gasteiger partial charge in [-0.1, -0.05) is 164 Å². The molecular formula is C54H35NO. The molecule has 0 atom stereocenters. The second-order valence-corrected chi connectivity index (χ2v) is 14.2. The maximum atomic E-state index is 9.67. The van der Waals surface area contributed by atoms with Gasteiger partial charge in [-0.2, -0.15) is 0 Å². The Kier molecular flexibility index (Phi) is 6.60. The van der Waals surface area contributed by atoms with Crippen LogP contribution < -0.4 is 4.90 Å². The summed E-state index contributed by atoms with van der Waals surface area (Å²) in [6, 6.07) is 62.7. The number of fused-ring (bicyclic) bond motifs is 7. The SMILES string of the molecule is [2H]c1c([2H])c(N(c2ccc(-c3ccc4ccccc4c3)cc2)c2ccccc2-c2cccc3c2oc2c4ccccc4ccc32)c([2H])c([2H])c1-c1ccc2ccccc2c1. The van der Waals surface area contributed by atoms with Crippen LogP contribution in [0.4, 0.5) is 17.1 Å². The minimum atomic E-state index is -0.138. The number of furan rings is 1. The summed E-state index contributed by atoms with van der Waals surface area (Å²) in [5.41, 5.74) is 7.73. The van der Waals surface area contributed by atoms with E-state index < -0.39 is 0 Å². The molecule has 11 aromatic rings. The Morgan fingerprint density at radius 3 is 1.61 bits per heavy atom. The van der Waals surface area contributed by atoms with E-state index >= 15 is 0 Å². The number of hydrogen-bond donors (Lipinski definition) is 0. The first-order valence-electron chi connectivity index (χ1n) is 20.8. The van der Waals surface area contributed by atoms with Gasteiger partial charge in [-0.05, 0) is 97.7 Å². The van der Waals surface area contributed by atoms with E-state index in [1.54, 1.807) is 0 Å². The zero-order valence-corrected chi connectivity index (χ0v) is 30.3. The molecule has 1 aromatic heterocycles. The van der Waals surface area contributed by atoms with Crippen molar-refractivity contribution in [3.8, 4) is 33.4 Å². The second kappa shape index (κ2) is 13.2. The summed E-state index contributed by atoms with van der Waals surface area (Å²) in [4.78, 5) is 1.88. The van der Waals surface area contributed by atoms with Crippen LogP contribution in [0.15, 0.2) is 217 Å². The van der Waals surface area contributed by atoms with Crippen LogP contribution in [0.25, 0.3) is 87.6 Å². The lowest BCUT2D eigenvalue weighted by Crippen LogP contribution is -2.11. The molecule has 0 bridgehead atoms. The number of rotatable bonds is 6. The van der Waals surface area contributed by atoms with E-state index in [0.29, 0.717) is 16.9 Å². The maximum absolute atomic E-state index is 9.67. The van der Waals surface area contributed by atoms with Crippen LogP contribution in [-0.2, 0) is 0 Å². The molecule has 0 amide bonds. The summed E-state index contributed by atoms with van der Waals surface area (Å²) in [5, 5.41) is 8.46. The summed E-state index contributed by atoms with van der Waals surface area (Å²) in [7, 11) is 0. The number of benzene rings is 10. The summed E-state index contributed by atoms with van der Waals surface area (Å²) in [5.74, 6) is 0. The molecule has 0 aliphatic heterocycles. The minimum Gasteiger partial charge on any atom is -0.455 e. The van der Waals surface area contributed by atoms with E-state index in [4.69, 9.17) is 4.42 Å². The van der Waals surface area contributed by atoms with Gasteiger partial charge in [0.25, 0.3) is 0 Å². The van der Waals surface area contributed by atoms with E-state index in [9.17, 15) is 5.48 Å².